The first-order valence-corrected chi connectivity index (χ1v) is 7.04. The van der Waals surface area contributed by atoms with Gasteiger partial charge in [0.2, 0.25) is 5.91 Å². The summed E-state index contributed by atoms with van der Waals surface area (Å²) in [5.74, 6) is 0.126. The first-order chi connectivity index (χ1) is 9.52. The fourth-order valence-corrected chi connectivity index (χ4v) is 2.69. The van der Waals surface area contributed by atoms with E-state index in [4.69, 9.17) is 4.74 Å². The highest BCUT2D eigenvalue weighted by Gasteiger charge is 2.34. The van der Waals surface area contributed by atoms with Crippen molar-refractivity contribution >= 4 is 11.9 Å². The van der Waals surface area contributed by atoms with E-state index in [1.54, 1.807) is 31.0 Å². The van der Waals surface area contributed by atoms with Crippen LogP contribution < -0.4 is 5.32 Å². The zero-order chi connectivity index (χ0) is 14.7. The molecule has 2 atom stereocenters. The summed E-state index contributed by atoms with van der Waals surface area (Å²) in [7, 11) is 5.16. The summed E-state index contributed by atoms with van der Waals surface area (Å²) in [6.07, 6.45) is 0.854. The molecule has 0 aromatic carbocycles. The summed E-state index contributed by atoms with van der Waals surface area (Å²) in [6, 6.07) is -0.133. The highest BCUT2D eigenvalue weighted by Crippen LogP contribution is 2.14. The third-order valence-electron chi connectivity index (χ3n) is 3.97. The molecule has 0 aromatic rings. The van der Waals surface area contributed by atoms with Crippen LogP contribution >= 0.6 is 0 Å². The Kier molecular flexibility index (Phi) is 4.82. The largest absolute Gasteiger partial charge is 0.380 e. The number of rotatable bonds is 2. The Labute approximate surface area is 119 Å². The lowest BCUT2D eigenvalue weighted by Crippen LogP contribution is -2.55. The van der Waals surface area contributed by atoms with E-state index in [-0.39, 0.29) is 24.1 Å². The van der Waals surface area contributed by atoms with Crippen LogP contribution in [0.1, 0.15) is 6.42 Å². The minimum atomic E-state index is -0.143. The van der Waals surface area contributed by atoms with Gasteiger partial charge >= 0.3 is 6.03 Å². The maximum Gasteiger partial charge on any atom is 0.319 e. The van der Waals surface area contributed by atoms with Crippen LogP contribution in [0.4, 0.5) is 4.79 Å². The molecule has 3 amide bonds. The van der Waals surface area contributed by atoms with E-state index in [0.717, 1.165) is 13.0 Å². The number of ether oxygens (including phenoxy) is 1. The van der Waals surface area contributed by atoms with Gasteiger partial charge in [0.1, 0.15) is 0 Å². The number of methoxy groups -OCH3 is 1. The monoisotopic (exact) mass is 284 g/mol. The molecule has 2 rings (SSSR count). The Morgan fingerprint density at radius 1 is 1.15 bits per heavy atom. The van der Waals surface area contributed by atoms with Crippen molar-refractivity contribution in [2.24, 2.45) is 0 Å². The van der Waals surface area contributed by atoms with Gasteiger partial charge in [0.25, 0.3) is 0 Å². The van der Waals surface area contributed by atoms with Gasteiger partial charge < -0.3 is 24.8 Å². The molecule has 2 saturated heterocycles. The van der Waals surface area contributed by atoms with Crippen molar-refractivity contribution in [3.63, 3.8) is 0 Å². The first-order valence-electron chi connectivity index (χ1n) is 7.04. The molecule has 114 valence electrons. The number of carbonyl (C=O) groups excluding carboxylic acids is 2. The molecule has 2 fully saturated rings. The van der Waals surface area contributed by atoms with E-state index in [2.05, 4.69) is 5.32 Å². The van der Waals surface area contributed by atoms with Crippen LogP contribution in [0, 0.1) is 0 Å². The smallest absolute Gasteiger partial charge is 0.319 e. The predicted molar refractivity (Wildman–Crippen MR) is 74.4 cm³/mol. The minimum Gasteiger partial charge on any atom is -0.380 e. The second kappa shape index (κ2) is 6.41. The van der Waals surface area contributed by atoms with Crippen LogP contribution in [0.3, 0.4) is 0 Å². The summed E-state index contributed by atoms with van der Waals surface area (Å²) in [6.45, 7) is 3.14. The molecule has 2 aliphatic heterocycles. The summed E-state index contributed by atoms with van der Waals surface area (Å²) in [5.41, 5.74) is 0. The van der Waals surface area contributed by atoms with Crippen LogP contribution in [0.15, 0.2) is 0 Å². The number of amides is 3. The van der Waals surface area contributed by atoms with Crippen molar-refractivity contribution in [3.8, 4) is 0 Å². The maximum atomic E-state index is 12.4. The van der Waals surface area contributed by atoms with Crippen molar-refractivity contribution < 1.29 is 14.3 Å². The van der Waals surface area contributed by atoms with Gasteiger partial charge in [0, 0.05) is 53.9 Å². The van der Waals surface area contributed by atoms with Crippen molar-refractivity contribution in [1.29, 1.82) is 0 Å². The molecule has 7 heteroatoms. The fraction of sp³-hybridized carbons (Fsp3) is 0.846. The number of urea groups is 1. The van der Waals surface area contributed by atoms with Crippen LogP contribution in [-0.2, 0) is 9.53 Å². The molecule has 2 unspecified atom stereocenters. The number of hydrogen-bond donors (Lipinski definition) is 1. The maximum absolute atomic E-state index is 12.4. The van der Waals surface area contributed by atoms with Crippen LogP contribution in [0.2, 0.25) is 0 Å². The molecule has 1 N–H and O–H groups in total. The molecule has 0 spiro atoms. The number of nitrogens with one attached hydrogen (secondary N) is 1. The molecule has 0 aliphatic carbocycles. The first kappa shape index (κ1) is 15.1. The normalized spacial score (nSPS) is 26.8. The van der Waals surface area contributed by atoms with Gasteiger partial charge in [-0.2, -0.15) is 0 Å². The number of hydrogen-bond acceptors (Lipinski definition) is 4. The molecular weight excluding hydrogens is 260 g/mol. The Morgan fingerprint density at radius 3 is 2.25 bits per heavy atom. The summed E-state index contributed by atoms with van der Waals surface area (Å²) in [4.78, 5) is 29.4. The second-order valence-corrected chi connectivity index (χ2v) is 5.54. The van der Waals surface area contributed by atoms with Crippen molar-refractivity contribution in [2.75, 3.05) is 53.9 Å². The molecule has 2 heterocycles. The van der Waals surface area contributed by atoms with E-state index in [0.29, 0.717) is 26.2 Å². The van der Waals surface area contributed by atoms with E-state index in [1.807, 2.05) is 4.90 Å². The van der Waals surface area contributed by atoms with E-state index in [9.17, 15) is 9.59 Å². The molecule has 20 heavy (non-hydrogen) atoms. The molecule has 2 aliphatic rings. The SMILES string of the molecule is COC1CNC(C(=O)N2CCN(C(=O)N(C)C)CC2)C1. The highest BCUT2D eigenvalue weighted by molar-refractivity contribution is 5.83. The molecule has 0 radical (unpaired) electrons. The molecule has 7 nitrogen and oxygen atoms in total. The quantitative estimate of drug-likeness (QED) is 0.720. The van der Waals surface area contributed by atoms with E-state index in [1.165, 1.54) is 0 Å². The standard InChI is InChI=1S/C13H24N4O3/c1-15(2)13(19)17-6-4-16(5-7-17)12(18)11-8-10(20-3)9-14-11/h10-11,14H,4-9H2,1-3H3. The van der Waals surface area contributed by atoms with Crippen molar-refractivity contribution in [1.82, 2.24) is 20.0 Å². The Bertz CT molecular complexity index is 367. The van der Waals surface area contributed by atoms with Gasteiger partial charge in [-0.15, -0.1) is 0 Å². The molecular formula is C13H24N4O3. The Hall–Kier alpha value is -1.34. The zero-order valence-electron chi connectivity index (χ0n) is 12.5. The van der Waals surface area contributed by atoms with Gasteiger partial charge in [0.05, 0.1) is 12.1 Å². The van der Waals surface area contributed by atoms with Gasteiger partial charge in [-0.3, -0.25) is 4.79 Å². The summed E-state index contributed by atoms with van der Waals surface area (Å²) >= 11 is 0. The van der Waals surface area contributed by atoms with Gasteiger partial charge in [0.15, 0.2) is 0 Å². The summed E-state index contributed by atoms with van der Waals surface area (Å²) in [5, 5.41) is 3.20. The average Bonchev–Trinajstić information content (AvgIpc) is 2.94. The molecule has 0 bridgehead atoms. The van der Waals surface area contributed by atoms with Crippen LogP contribution in [0.5, 0.6) is 0 Å². The lowest BCUT2D eigenvalue weighted by Gasteiger charge is -2.36. The third kappa shape index (κ3) is 3.21. The van der Waals surface area contributed by atoms with E-state index < -0.39 is 0 Å². The average molecular weight is 284 g/mol. The van der Waals surface area contributed by atoms with Crippen LogP contribution in [0.25, 0.3) is 0 Å². The number of nitrogens with zero attached hydrogens (tertiary/aromatic N) is 3. The number of piperazine rings is 1. The van der Waals surface area contributed by atoms with E-state index >= 15 is 0 Å². The highest BCUT2D eigenvalue weighted by atomic mass is 16.5. The zero-order valence-corrected chi connectivity index (χ0v) is 12.5. The van der Waals surface area contributed by atoms with Gasteiger partial charge in [-0.05, 0) is 6.42 Å². The lowest BCUT2D eigenvalue weighted by atomic mass is 10.1. The van der Waals surface area contributed by atoms with Crippen molar-refractivity contribution in [2.45, 2.75) is 18.6 Å². The Balaban J connectivity index is 1.82. The number of carbonyl (C=O) groups is 2. The van der Waals surface area contributed by atoms with Gasteiger partial charge in [-0.25, -0.2) is 4.79 Å². The third-order valence-corrected chi connectivity index (χ3v) is 3.97. The lowest BCUT2D eigenvalue weighted by molar-refractivity contribution is -0.134. The topological polar surface area (TPSA) is 65.1 Å². The predicted octanol–water partition coefficient (Wildman–Crippen LogP) is -0.811. The summed E-state index contributed by atoms with van der Waals surface area (Å²) < 4.78 is 5.26. The molecule has 0 aromatic heterocycles. The molecule has 0 saturated carbocycles. The van der Waals surface area contributed by atoms with Gasteiger partial charge in [-0.1, -0.05) is 0 Å². The Morgan fingerprint density at radius 2 is 1.75 bits per heavy atom. The van der Waals surface area contributed by atoms with Crippen LogP contribution in [-0.4, -0.2) is 92.7 Å². The second-order valence-electron chi connectivity index (χ2n) is 5.54. The van der Waals surface area contributed by atoms with Crippen molar-refractivity contribution in [3.05, 3.63) is 0 Å². The minimum absolute atomic E-state index is 0.00976. The fourth-order valence-electron chi connectivity index (χ4n) is 2.69.